The van der Waals surface area contributed by atoms with Crippen molar-refractivity contribution in [3.05, 3.63) is 42.4 Å². The number of nitrogens with zero attached hydrogens (tertiary/aromatic N) is 3. The normalized spacial score (nSPS) is 25.6. The van der Waals surface area contributed by atoms with Crippen LogP contribution in [-0.2, 0) is 28.0 Å². The molecule has 1 N–H and O–H groups in total. The summed E-state index contributed by atoms with van der Waals surface area (Å²) in [4.78, 5) is 3.97. The number of rotatable bonds is 5. The lowest BCUT2D eigenvalue weighted by Crippen LogP contribution is -2.39. The SMILES string of the molecule is Cn1cnc(S(=O)(=O)N2C[C@@H](Nc3cccc(C(F)(F)F)c3)[C@H](C3CCCCO3)C2)c1. The Balaban J connectivity index is 1.59. The summed E-state index contributed by atoms with van der Waals surface area (Å²) in [6, 6.07) is 4.58. The van der Waals surface area contributed by atoms with Gasteiger partial charge in [0.2, 0.25) is 0 Å². The van der Waals surface area contributed by atoms with Crippen LogP contribution >= 0.6 is 0 Å². The molecule has 0 amide bonds. The van der Waals surface area contributed by atoms with Gasteiger partial charge >= 0.3 is 6.18 Å². The molecule has 31 heavy (non-hydrogen) atoms. The Morgan fingerprint density at radius 2 is 2.03 bits per heavy atom. The maximum atomic E-state index is 13.1. The van der Waals surface area contributed by atoms with Gasteiger partial charge in [0.1, 0.15) is 0 Å². The van der Waals surface area contributed by atoms with Gasteiger partial charge in [0.05, 0.1) is 18.0 Å². The van der Waals surface area contributed by atoms with Crippen LogP contribution in [0.2, 0.25) is 0 Å². The molecule has 7 nitrogen and oxygen atoms in total. The highest BCUT2D eigenvalue weighted by molar-refractivity contribution is 7.89. The number of sulfonamides is 1. The van der Waals surface area contributed by atoms with Crippen LogP contribution in [-0.4, -0.2) is 54.1 Å². The average Bonchev–Trinajstić information content (AvgIpc) is 3.36. The van der Waals surface area contributed by atoms with Crippen molar-refractivity contribution in [2.75, 3.05) is 25.0 Å². The molecule has 3 atom stereocenters. The van der Waals surface area contributed by atoms with Gasteiger partial charge in [-0.1, -0.05) is 6.07 Å². The lowest BCUT2D eigenvalue weighted by molar-refractivity contribution is -0.137. The van der Waals surface area contributed by atoms with E-state index in [9.17, 15) is 21.6 Å². The van der Waals surface area contributed by atoms with E-state index in [0.717, 1.165) is 31.4 Å². The highest BCUT2D eigenvalue weighted by Gasteiger charge is 2.44. The maximum Gasteiger partial charge on any atom is 0.416 e. The van der Waals surface area contributed by atoms with Gasteiger partial charge in [-0.2, -0.15) is 17.5 Å². The number of aryl methyl sites for hydroxylation is 1. The minimum atomic E-state index is -4.45. The first kappa shape index (κ1) is 22.1. The molecule has 0 radical (unpaired) electrons. The predicted molar refractivity (Wildman–Crippen MR) is 108 cm³/mol. The molecule has 1 aromatic heterocycles. The number of nitrogens with one attached hydrogen (secondary N) is 1. The van der Waals surface area contributed by atoms with Gasteiger partial charge in [-0.3, -0.25) is 0 Å². The van der Waals surface area contributed by atoms with Gasteiger partial charge in [0.25, 0.3) is 10.0 Å². The maximum absolute atomic E-state index is 13.1. The van der Waals surface area contributed by atoms with Gasteiger partial charge in [-0.15, -0.1) is 0 Å². The molecule has 11 heteroatoms. The molecule has 2 aromatic rings. The van der Waals surface area contributed by atoms with Gasteiger partial charge in [0.15, 0.2) is 5.03 Å². The Hall–Kier alpha value is -2.11. The van der Waals surface area contributed by atoms with Crippen molar-refractivity contribution in [2.45, 2.75) is 42.6 Å². The van der Waals surface area contributed by atoms with Crippen LogP contribution < -0.4 is 5.32 Å². The second-order valence-electron chi connectivity index (χ2n) is 8.10. The zero-order valence-corrected chi connectivity index (χ0v) is 17.9. The van der Waals surface area contributed by atoms with Crippen molar-refractivity contribution < 1.29 is 26.3 Å². The summed E-state index contributed by atoms with van der Waals surface area (Å²) < 4.78 is 74.3. The average molecular weight is 459 g/mol. The first-order valence-corrected chi connectivity index (χ1v) is 11.6. The van der Waals surface area contributed by atoms with Crippen molar-refractivity contribution in [1.29, 1.82) is 0 Å². The lowest BCUT2D eigenvalue weighted by Gasteiger charge is -2.31. The number of imidazole rings is 1. The van der Waals surface area contributed by atoms with Gasteiger partial charge in [-0.05, 0) is 37.5 Å². The third-order valence-electron chi connectivity index (χ3n) is 5.85. The first-order valence-electron chi connectivity index (χ1n) is 10.2. The molecule has 0 bridgehead atoms. The molecular formula is C20H25F3N4O3S. The minimum absolute atomic E-state index is 0.0435. The second kappa shape index (κ2) is 8.44. The molecule has 1 unspecified atom stereocenters. The largest absolute Gasteiger partial charge is 0.416 e. The van der Waals surface area contributed by atoms with Crippen LogP contribution in [0.15, 0.2) is 41.8 Å². The van der Waals surface area contributed by atoms with Gasteiger partial charge in [-0.25, -0.2) is 13.4 Å². The summed E-state index contributed by atoms with van der Waals surface area (Å²) in [7, 11) is -2.13. The quantitative estimate of drug-likeness (QED) is 0.745. The summed E-state index contributed by atoms with van der Waals surface area (Å²) in [5.41, 5.74) is -0.448. The van der Waals surface area contributed by atoms with Crippen LogP contribution in [0.1, 0.15) is 24.8 Å². The van der Waals surface area contributed by atoms with E-state index in [-0.39, 0.29) is 36.2 Å². The molecule has 170 valence electrons. The van der Waals surface area contributed by atoms with E-state index in [1.807, 2.05) is 0 Å². The molecule has 2 fully saturated rings. The smallest absolute Gasteiger partial charge is 0.381 e. The fourth-order valence-electron chi connectivity index (χ4n) is 4.27. The van der Waals surface area contributed by atoms with Crippen LogP contribution in [0.5, 0.6) is 0 Å². The molecule has 0 saturated carbocycles. The summed E-state index contributed by atoms with van der Waals surface area (Å²) in [6.45, 7) is 0.949. The Morgan fingerprint density at radius 1 is 1.23 bits per heavy atom. The zero-order valence-electron chi connectivity index (χ0n) is 17.0. The molecule has 2 saturated heterocycles. The number of aromatic nitrogens is 2. The fraction of sp³-hybridized carbons (Fsp3) is 0.550. The zero-order chi connectivity index (χ0) is 22.2. The van der Waals surface area contributed by atoms with Crippen molar-refractivity contribution >= 4 is 15.7 Å². The van der Waals surface area contributed by atoms with Crippen molar-refractivity contribution in [3.8, 4) is 0 Å². The Kier molecular flexibility index (Phi) is 6.01. The number of hydrogen-bond donors (Lipinski definition) is 1. The highest BCUT2D eigenvalue weighted by Crippen LogP contribution is 2.35. The van der Waals surface area contributed by atoms with E-state index in [0.29, 0.717) is 12.3 Å². The van der Waals surface area contributed by atoms with E-state index < -0.39 is 21.8 Å². The molecule has 4 rings (SSSR count). The third kappa shape index (κ3) is 4.73. The molecule has 1 aromatic carbocycles. The van der Waals surface area contributed by atoms with E-state index >= 15 is 0 Å². The van der Waals surface area contributed by atoms with Crippen molar-refractivity contribution in [3.63, 3.8) is 0 Å². The highest BCUT2D eigenvalue weighted by atomic mass is 32.2. The van der Waals surface area contributed by atoms with Gasteiger partial charge < -0.3 is 14.6 Å². The molecule has 2 aliphatic rings. The van der Waals surface area contributed by atoms with Gasteiger partial charge in [0, 0.05) is 50.6 Å². The lowest BCUT2D eigenvalue weighted by atomic mass is 9.91. The summed E-state index contributed by atoms with van der Waals surface area (Å²) in [5, 5.41) is 3.10. The number of benzene rings is 1. The summed E-state index contributed by atoms with van der Waals surface area (Å²) in [5.74, 6) is -0.187. The van der Waals surface area contributed by atoms with Crippen molar-refractivity contribution in [1.82, 2.24) is 13.9 Å². The molecule has 3 heterocycles. The summed E-state index contributed by atoms with van der Waals surface area (Å²) >= 11 is 0. The topological polar surface area (TPSA) is 76.5 Å². The number of halogens is 3. The van der Waals surface area contributed by atoms with E-state index in [1.54, 1.807) is 17.7 Å². The Morgan fingerprint density at radius 3 is 2.68 bits per heavy atom. The van der Waals surface area contributed by atoms with Crippen LogP contribution in [0.25, 0.3) is 0 Å². The standard InChI is InChI=1S/C20H25F3N4O3S/c1-26-12-19(24-13-26)31(28,29)27-10-16(18-7-2-3-8-30-18)17(11-27)25-15-6-4-5-14(9-15)20(21,22)23/h4-6,9,12-13,16-18,25H,2-3,7-8,10-11H2,1H3/t16-,17-,18?/m1/s1. The number of ether oxygens (including phenoxy) is 1. The van der Waals surface area contributed by atoms with Crippen LogP contribution in [0, 0.1) is 5.92 Å². The number of hydrogen-bond acceptors (Lipinski definition) is 5. The Labute approximate surface area is 179 Å². The fourth-order valence-corrected chi connectivity index (χ4v) is 5.74. The molecular weight excluding hydrogens is 433 g/mol. The minimum Gasteiger partial charge on any atom is -0.381 e. The van der Waals surface area contributed by atoms with Crippen molar-refractivity contribution in [2.24, 2.45) is 13.0 Å². The number of anilines is 1. The monoisotopic (exact) mass is 458 g/mol. The predicted octanol–water partition coefficient (Wildman–Crippen LogP) is 3.11. The van der Waals surface area contributed by atoms with Crippen LogP contribution in [0.4, 0.5) is 18.9 Å². The Bertz CT molecular complexity index is 1020. The van der Waals surface area contributed by atoms with E-state index in [2.05, 4.69) is 10.3 Å². The van der Waals surface area contributed by atoms with Crippen LogP contribution in [0.3, 0.4) is 0 Å². The first-order chi connectivity index (χ1) is 14.6. The molecule has 0 spiro atoms. The van der Waals surface area contributed by atoms with E-state index in [1.165, 1.54) is 22.9 Å². The third-order valence-corrected chi connectivity index (χ3v) is 7.57. The summed E-state index contributed by atoms with van der Waals surface area (Å²) in [6.07, 6.45) is 0.977. The second-order valence-corrected chi connectivity index (χ2v) is 9.98. The molecule has 2 aliphatic heterocycles. The molecule has 0 aliphatic carbocycles. The number of alkyl halides is 3. The van der Waals surface area contributed by atoms with E-state index in [4.69, 9.17) is 4.74 Å².